The minimum Gasteiger partial charge on any atom is -0.282 e. The molecule has 68 valence electrons. The number of hydrogen-bond donors (Lipinski definition) is 1. The van der Waals surface area contributed by atoms with Gasteiger partial charge >= 0.3 is 0 Å². The summed E-state index contributed by atoms with van der Waals surface area (Å²) in [5.74, 6) is 0. The van der Waals surface area contributed by atoms with E-state index in [9.17, 15) is 8.42 Å². The van der Waals surface area contributed by atoms with Crippen LogP contribution >= 0.6 is 0 Å². The maximum atomic E-state index is 10.7. The van der Waals surface area contributed by atoms with Crippen molar-refractivity contribution in [3.05, 3.63) is 45.9 Å². The van der Waals surface area contributed by atoms with Crippen molar-refractivity contribution in [3.63, 3.8) is 0 Å². The highest BCUT2D eigenvalue weighted by Gasteiger charge is 2.21. The van der Waals surface area contributed by atoms with E-state index in [-0.39, 0.29) is 4.91 Å². The van der Waals surface area contributed by atoms with Gasteiger partial charge < -0.3 is 0 Å². The smallest absolute Gasteiger partial charge is 0.282 e. The van der Waals surface area contributed by atoms with Crippen LogP contribution in [0.4, 0.5) is 0 Å². The van der Waals surface area contributed by atoms with E-state index in [0.717, 1.165) is 16.7 Å². The Morgan fingerprint density at radius 2 is 1.69 bits per heavy atom. The molecule has 0 aliphatic heterocycles. The van der Waals surface area contributed by atoms with Gasteiger partial charge in [-0.05, 0) is 35.8 Å². The summed E-state index contributed by atoms with van der Waals surface area (Å²) in [5, 5.41) is 0. The van der Waals surface area contributed by atoms with Crippen LogP contribution in [0.5, 0.6) is 0 Å². The molecule has 0 saturated carbocycles. The van der Waals surface area contributed by atoms with Crippen LogP contribution in [-0.4, -0.2) is 13.0 Å². The summed E-state index contributed by atoms with van der Waals surface area (Å²) in [6.07, 6.45) is 6.70. The molecule has 0 unspecified atom stereocenters. The van der Waals surface area contributed by atoms with Crippen molar-refractivity contribution >= 4 is 10.1 Å². The molecule has 0 radical (unpaired) electrons. The molecular weight excluding hydrogens is 188 g/mol. The highest BCUT2D eigenvalue weighted by Crippen LogP contribution is 2.33. The van der Waals surface area contributed by atoms with E-state index in [0.29, 0.717) is 0 Å². The van der Waals surface area contributed by atoms with Crippen LogP contribution in [0.1, 0.15) is 6.92 Å². The van der Waals surface area contributed by atoms with Gasteiger partial charge in [0.05, 0.1) is 4.91 Å². The lowest BCUT2D eigenvalue weighted by molar-refractivity contribution is 0.492. The normalized spacial score (nSPS) is 20.5. The highest BCUT2D eigenvalue weighted by molar-refractivity contribution is 7.90. The molecule has 2 aliphatic carbocycles. The SMILES string of the molecule is CC1=CC2=CC(S(=O)(=O)O)=CC2=C1. The quantitative estimate of drug-likeness (QED) is 0.648. The summed E-state index contributed by atoms with van der Waals surface area (Å²) in [6, 6.07) is 0. The average Bonchev–Trinajstić information content (AvgIpc) is 2.40. The van der Waals surface area contributed by atoms with E-state index >= 15 is 0 Å². The Balaban J connectivity index is 2.48. The molecule has 0 aromatic carbocycles. The standard InChI is InChI=1S/C9H8O3S/c1-6-2-7-4-9(13(10,11)12)5-8(7)3-6/h2-5H,1H3,(H,10,11,12). The zero-order valence-corrected chi connectivity index (χ0v) is 7.80. The van der Waals surface area contributed by atoms with Gasteiger partial charge in [0.1, 0.15) is 0 Å². The maximum absolute atomic E-state index is 10.7. The Labute approximate surface area is 76.5 Å². The van der Waals surface area contributed by atoms with E-state index in [1.807, 2.05) is 19.1 Å². The van der Waals surface area contributed by atoms with Crippen molar-refractivity contribution in [2.24, 2.45) is 0 Å². The van der Waals surface area contributed by atoms with Crippen molar-refractivity contribution in [3.8, 4) is 0 Å². The van der Waals surface area contributed by atoms with Crippen LogP contribution in [-0.2, 0) is 10.1 Å². The number of hydrogen-bond acceptors (Lipinski definition) is 2. The number of fused-ring (bicyclic) bond motifs is 1. The Morgan fingerprint density at radius 1 is 1.08 bits per heavy atom. The monoisotopic (exact) mass is 196 g/mol. The van der Waals surface area contributed by atoms with Crippen LogP contribution in [0.25, 0.3) is 0 Å². The van der Waals surface area contributed by atoms with E-state index in [4.69, 9.17) is 4.55 Å². The molecule has 0 heterocycles. The van der Waals surface area contributed by atoms with Gasteiger partial charge in [-0.15, -0.1) is 0 Å². The second-order valence-corrected chi connectivity index (χ2v) is 4.53. The second kappa shape index (κ2) is 2.43. The molecular formula is C9H8O3S. The zero-order valence-electron chi connectivity index (χ0n) is 6.98. The molecule has 0 saturated heterocycles. The fraction of sp³-hybridized carbons (Fsp3) is 0.111. The Kier molecular flexibility index (Phi) is 1.58. The Bertz CT molecular complexity index is 487. The van der Waals surface area contributed by atoms with Crippen molar-refractivity contribution in [2.45, 2.75) is 6.92 Å². The molecule has 0 fully saturated rings. The molecule has 1 N–H and O–H groups in total. The van der Waals surface area contributed by atoms with Crippen molar-refractivity contribution in [1.29, 1.82) is 0 Å². The van der Waals surface area contributed by atoms with E-state index in [2.05, 4.69) is 0 Å². The summed E-state index contributed by atoms with van der Waals surface area (Å²) in [5.41, 5.74) is 2.79. The first-order valence-corrected chi connectivity index (χ1v) is 5.22. The topological polar surface area (TPSA) is 54.4 Å². The molecule has 0 aromatic heterocycles. The fourth-order valence-electron chi connectivity index (χ4n) is 1.45. The molecule has 4 heteroatoms. The lowest BCUT2D eigenvalue weighted by atomic mass is 10.2. The van der Waals surface area contributed by atoms with E-state index < -0.39 is 10.1 Å². The van der Waals surface area contributed by atoms with E-state index in [1.54, 1.807) is 0 Å². The van der Waals surface area contributed by atoms with Crippen LogP contribution in [0.2, 0.25) is 0 Å². The van der Waals surface area contributed by atoms with Crippen LogP contribution < -0.4 is 0 Å². The summed E-state index contributed by atoms with van der Waals surface area (Å²) in [7, 11) is -4.05. The zero-order chi connectivity index (χ0) is 9.64. The van der Waals surface area contributed by atoms with Gasteiger partial charge in [0.25, 0.3) is 10.1 Å². The van der Waals surface area contributed by atoms with Crippen LogP contribution in [0.3, 0.4) is 0 Å². The van der Waals surface area contributed by atoms with Gasteiger partial charge in [-0.2, -0.15) is 8.42 Å². The first-order valence-electron chi connectivity index (χ1n) is 3.78. The molecule has 0 bridgehead atoms. The third-order valence-corrected chi connectivity index (χ3v) is 2.82. The van der Waals surface area contributed by atoms with Gasteiger partial charge in [-0.3, -0.25) is 4.55 Å². The molecule has 3 nitrogen and oxygen atoms in total. The van der Waals surface area contributed by atoms with Crippen molar-refractivity contribution in [1.82, 2.24) is 0 Å². The predicted molar refractivity (Wildman–Crippen MR) is 49.6 cm³/mol. The van der Waals surface area contributed by atoms with Gasteiger partial charge in [0.2, 0.25) is 0 Å². The minimum absolute atomic E-state index is 0.0301. The van der Waals surface area contributed by atoms with Crippen LogP contribution in [0, 0.1) is 0 Å². The molecule has 2 rings (SSSR count). The van der Waals surface area contributed by atoms with Gasteiger partial charge in [-0.25, -0.2) is 0 Å². The summed E-state index contributed by atoms with van der Waals surface area (Å²) in [6.45, 7) is 1.94. The van der Waals surface area contributed by atoms with E-state index in [1.165, 1.54) is 12.2 Å². The molecule has 2 aliphatic rings. The summed E-state index contributed by atoms with van der Waals surface area (Å²) in [4.78, 5) is -0.0301. The fourth-order valence-corrected chi connectivity index (χ4v) is 2.00. The number of rotatable bonds is 1. The van der Waals surface area contributed by atoms with Gasteiger partial charge in [0.15, 0.2) is 0 Å². The molecule has 0 amide bonds. The number of allylic oxidation sites excluding steroid dienone is 7. The lowest BCUT2D eigenvalue weighted by Gasteiger charge is -1.90. The maximum Gasteiger partial charge on any atom is 0.294 e. The Hall–Kier alpha value is -1.13. The van der Waals surface area contributed by atoms with Gasteiger partial charge in [0, 0.05) is 0 Å². The molecule has 0 atom stereocenters. The summed E-state index contributed by atoms with van der Waals surface area (Å²) >= 11 is 0. The minimum atomic E-state index is -4.05. The first kappa shape index (κ1) is 8.47. The third kappa shape index (κ3) is 1.38. The second-order valence-electron chi connectivity index (χ2n) is 3.11. The highest BCUT2D eigenvalue weighted by atomic mass is 32.2. The lowest BCUT2D eigenvalue weighted by Crippen LogP contribution is -1.97. The molecule has 13 heavy (non-hydrogen) atoms. The average molecular weight is 196 g/mol. The largest absolute Gasteiger partial charge is 0.294 e. The molecule has 0 spiro atoms. The van der Waals surface area contributed by atoms with Crippen molar-refractivity contribution in [2.75, 3.05) is 0 Å². The van der Waals surface area contributed by atoms with Gasteiger partial charge in [-0.1, -0.05) is 12.2 Å². The first-order chi connectivity index (χ1) is 5.97. The van der Waals surface area contributed by atoms with Crippen molar-refractivity contribution < 1.29 is 13.0 Å². The third-order valence-electron chi connectivity index (χ3n) is 1.99. The molecule has 0 aromatic rings. The summed E-state index contributed by atoms with van der Waals surface area (Å²) < 4.78 is 30.2. The van der Waals surface area contributed by atoms with Crippen LogP contribution in [0.15, 0.2) is 45.9 Å². The predicted octanol–water partition coefficient (Wildman–Crippen LogP) is 1.58. The Morgan fingerprint density at radius 3 is 2.23 bits per heavy atom.